The molecule has 1 aromatic heterocycles. The maximum atomic E-state index is 9.54. The molecule has 1 N–H and O–H groups in total. The van der Waals surface area contributed by atoms with Crippen molar-refractivity contribution in [3.05, 3.63) is 96.6 Å². The monoisotopic (exact) mass is 383 g/mol. The number of aromatic hydroxyl groups is 1. The number of hydrogen-bond donors (Lipinski definition) is 1. The maximum absolute atomic E-state index is 9.54. The standard InChI is InChI=1S/C22H17N5O2/c23-13-18-8-9-19(12-22(18)29-21-4-2-1-3-5-21)27(26-15-24-25-16-26)14-17-6-10-20(28)11-7-17/h1-12,15-16,28H,14H2. The number of phenolic OH excluding ortho intramolecular Hbond substituents is 1. The van der Waals surface area contributed by atoms with E-state index in [1.165, 1.54) is 0 Å². The molecule has 7 heteroatoms. The molecule has 0 aliphatic rings. The molecular formula is C22H17N5O2. The second kappa shape index (κ2) is 8.15. The molecule has 0 bridgehead atoms. The van der Waals surface area contributed by atoms with Gasteiger partial charge in [-0.15, -0.1) is 10.2 Å². The smallest absolute Gasteiger partial charge is 0.147 e. The van der Waals surface area contributed by atoms with E-state index in [-0.39, 0.29) is 5.75 Å². The summed E-state index contributed by atoms with van der Waals surface area (Å²) in [6.45, 7) is 0.495. The van der Waals surface area contributed by atoms with Gasteiger partial charge in [-0.2, -0.15) is 5.26 Å². The summed E-state index contributed by atoms with van der Waals surface area (Å²) in [6.07, 6.45) is 3.19. The van der Waals surface area contributed by atoms with E-state index in [4.69, 9.17) is 4.74 Å². The fraction of sp³-hybridized carbons (Fsp3) is 0.0455. The SMILES string of the molecule is N#Cc1ccc(N(Cc2ccc(O)cc2)n2cnnc2)cc1Oc1ccccc1. The quantitative estimate of drug-likeness (QED) is 0.539. The molecule has 0 aliphatic carbocycles. The highest BCUT2D eigenvalue weighted by Gasteiger charge is 2.14. The Kier molecular flexibility index (Phi) is 5.08. The minimum atomic E-state index is 0.210. The van der Waals surface area contributed by atoms with Crippen LogP contribution in [-0.2, 0) is 6.54 Å². The van der Waals surface area contributed by atoms with E-state index in [9.17, 15) is 10.4 Å². The Hall–Kier alpha value is -4.31. The van der Waals surface area contributed by atoms with Gasteiger partial charge in [-0.05, 0) is 42.0 Å². The van der Waals surface area contributed by atoms with Gasteiger partial charge < -0.3 is 9.84 Å². The van der Waals surface area contributed by atoms with Gasteiger partial charge in [-0.25, -0.2) is 4.68 Å². The molecular weight excluding hydrogens is 366 g/mol. The van der Waals surface area contributed by atoms with Crippen molar-refractivity contribution in [2.24, 2.45) is 0 Å². The van der Waals surface area contributed by atoms with Crippen LogP contribution in [0.3, 0.4) is 0 Å². The minimum absolute atomic E-state index is 0.210. The fourth-order valence-corrected chi connectivity index (χ4v) is 2.86. The van der Waals surface area contributed by atoms with Gasteiger partial charge in [0.15, 0.2) is 0 Å². The number of hydrogen-bond acceptors (Lipinski definition) is 6. The molecule has 4 aromatic rings. The van der Waals surface area contributed by atoms with E-state index >= 15 is 0 Å². The molecule has 142 valence electrons. The summed E-state index contributed by atoms with van der Waals surface area (Å²) in [5, 5.41) is 28.7. The summed E-state index contributed by atoms with van der Waals surface area (Å²) < 4.78 is 7.70. The van der Waals surface area contributed by atoms with Crippen molar-refractivity contribution in [2.75, 3.05) is 5.01 Å². The summed E-state index contributed by atoms with van der Waals surface area (Å²) >= 11 is 0. The van der Waals surface area contributed by atoms with Gasteiger partial charge in [0.2, 0.25) is 0 Å². The van der Waals surface area contributed by atoms with Crippen molar-refractivity contribution in [3.8, 4) is 23.3 Å². The van der Waals surface area contributed by atoms with Crippen LogP contribution in [0.25, 0.3) is 0 Å². The first-order valence-corrected chi connectivity index (χ1v) is 8.90. The van der Waals surface area contributed by atoms with E-state index in [0.29, 0.717) is 23.6 Å². The van der Waals surface area contributed by atoms with Crippen LogP contribution in [0.1, 0.15) is 11.1 Å². The first-order valence-electron chi connectivity index (χ1n) is 8.90. The molecule has 0 amide bonds. The average molecular weight is 383 g/mol. The summed E-state index contributed by atoms with van der Waals surface area (Å²) in [5.74, 6) is 1.32. The van der Waals surface area contributed by atoms with E-state index in [0.717, 1.165) is 11.3 Å². The van der Waals surface area contributed by atoms with Crippen LogP contribution in [0.2, 0.25) is 0 Å². The Labute approximate surface area is 167 Å². The molecule has 0 fully saturated rings. The molecule has 0 unspecified atom stereocenters. The largest absolute Gasteiger partial charge is 0.508 e. The van der Waals surface area contributed by atoms with Gasteiger partial charge >= 0.3 is 0 Å². The molecule has 3 aromatic carbocycles. The lowest BCUT2D eigenvalue weighted by atomic mass is 10.1. The lowest BCUT2D eigenvalue weighted by molar-refractivity contribution is 0.475. The number of benzene rings is 3. The number of nitriles is 1. The number of phenols is 1. The molecule has 0 saturated carbocycles. The zero-order chi connectivity index (χ0) is 20.1. The summed E-state index contributed by atoms with van der Waals surface area (Å²) in [6, 6.07) is 23.8. The second-order valence-corrected chi connectivity index (χ2v) is 6.27. The molecule has 0 radical (unpaired) electrons. The van der Waals surface area contributed by atoms with Crippen LogP contribution in [0, 0.1) is 11.3 Å². The lowest BCUT2D eigenvalue weighted by Crippen LogP contribution is -2.27. The second-order valence-electron chi connectivity index (χ2n) is 6.27. The van der Waals surface area contributed by atoms with Gasteiger partial charge in [-0.3, -0.25) is 5.01 Å². The molecule has 1 heterocycles. The minimum Gasteiger partial charge on any atom is -0.508 e. The van der Waals surface area contributed by atoms with Crippen LogP contribution in [0.4, 0.5) is 5.69 Å². The first-order chi connectivity index (χ1) is 14.2. The van der Waals surface area contributed by atoms with E-state index in [2.05, 4.69) is 16.3 Å². The predicted octanol–water partition coefficient (Wildman–Crippen LogP) is 4.12. The van der Waals surface area contributed by atoms with E-state index < -0.39 is 0 Å². The highest BCUT2D eigenvalue weighted by molar-refractivity contribution is 5.58. The third-order valence-corrected chi connectivity index (χ3v) is 4.31. The van der Waals surface area contributed by atoms with Crippen molar-refractivity contribution in [2.45, 2.75) is 6.54 Å². The molecule has 0 spiro atoms. The summed E-state index contributed by atoms with van der Waals surface area (Å²) in [5.41, 5.74) is 2.21. The van der Waals surface area contributed by atoms with Crippen molar-refractivity contribution in [1.29, 1.82) is 5.26 Å². The van der Waals surface area contributed by atoms with Crippen molar-refractivity contribution >= 4 is 5.69 Å². The van der Waals surface area contributed by atoms with Crippen molar-refractivity contribution < 1.29 is 9.84 Å². The number of rotatable bonds is 6. The van der Waals surface area contributed by atoms with Crippen molar-refractivity contribution in [3.63, 3.8) is 0 Å². The van der Waals surface area contributed by atoms with Gasteiger partial charge in [0, 0.05) is 6.07 Å². The number of anilines is 1. The third-order valence-electron chi connectivity index (χ3n) is 4.31. The Morgan fingerprint density at radius 1 is 0.966 bits per heavy atom. The average Bonchev–Trinajstić information content (AvgIpc) is 3.29. The number of nitrogens with zero attached hydrogens (tertiary/aromatic N) is 5. The Morgan fingerprint density at radius 3 is 2.38 bits per heavy atom. The molecule has 29 heavy (non-hydrogen) atoms. The number of ether oxygens (including phenoxy) is 1. The van der Waals surface area contributed by atoms with Crippen molar-refractivity contribution in [1.82, 2.24) is 14.9 Å². The topological polar surface area (TPSA) is 87.2 Å². The van der Waals surface area contributed by atoms with Gasteiger partial charge in [-0.1, -0.05) is 30.3 Å². The molecule has 7 nitrogen and oxygen atoms in total. The zero-order valence-electron chi connectivity index (χ0n) is 15.4. The Bertz CT molecular complexity index is 1120. The molecule has 0 aliphatic heterocycles. The molecule has 0 saturated heterocycles. The van der Waals surface area contributed by atoms with Crippen LogP contribution < -0.4 is 9.75 Å². The van der Waals surface area contributed by atoms with Crippen LogP contribution in [0.15, 0.2) is 85.5 Å². The lowest BCUT2D eigenvalue weighted by Gasteiger charge is -2.25. The number of para-hydroxylation sites is 1. The van der Waals surface area contributed by atoms with Crippen LogP contribution >= 0.6 is 0 Å². The van der Waals surface area contributed by atoms with Gasteiger partial charge in [0.25, 0.3) is 0 Å². The molecule has 4 rings (SSSR count). The van der Waals surface area contributed by atoms with Gasteiger partial charge in [0.05, 0.1) is 17.8 Å². The first kappa shape index (κ1) is 18.1. The highest BCUT2D eigenvalue weighted by Crippen LogP contribution is 2.30. The fourth-order valence-electron chi connectivity index (χ4n) is 2.86. The Morgan fingerprint density at radius 2 is 1.69 bits per heavy atom. The van der Waals surface area contributed by atoms with E-state index in [1.807, 2.05) is 59.6 Å². The maximum Gasteiger partial charge on any atom is 0.147 e. The molecule has 0 atom stereocenters. The number of aromatic nitrogens is 3. The predicted molar refractivity (Wildman–Crippen MR) is 107 cm³/mol. The van der Waals surface area contributed by atoms with Crippen LogP contribution in [-0.4, -0.2) is 20.0 Å². The van der Waals surface area contributed by atoms with E-state index in [1.54, 1.807) is 35.5 Å². The summed E-state index contributed by atoms with van der Waals surface area (Å²) in [7, 11) is 0. The Balaban J connectivity index is 1.71. The zero-order valence-corrected chi connectivity index (χ0v) is 15.4. The summed E-state index contributed by atoms with van der Waals surface area (Å²) in [4.78, 5) is 0. The van der Waals surface area contributed by atoms with Crippen LogP contribution in [0.5, 0.6) is 17.2 Å². The van der Waals surface area contributed by atoms with Gasteiger partial charge in [0.1, 0.15) is 36.0 Å². The normalized spacial score (nSPS) is 10.3. The highest BCUT2D eigenvalue weighted by atomic mass is 16.5. The third kappa shape index (κ3) is 4.17.